The number of aryl methyl sites for hydroxylation is 2. The molecule has 0 spiro atoms. The van der Waals surface area contributed by atoms with E-state index in [0.29, 0.717) is 11.5 Å². The quantitative estimate of drug-likeness (QED) is 0.666. The van der Waals surface area contributed by atoms with E-state index in [9.17, 15) is 0 Å². The largest absolute Gasteiger partial charge is 0.279 e. The maximum absolute atomic E-state index is 4.37. The summed E-state index contributed by atoms with van der Waals surface area (Å²) in [6, 6.07) is 2.02. The first-order valence-corrected chi connectivity index (χ1v) is 6.14. The van der Waals surface area contributed by atoms with Gasteiger partial charge in [-0.05, 0) is 39.3 Å². The van der Waals surface area contributed by atoms with Crippen molar-refractivity contribution in [3.63, 3.8) is 0 Å². The first kappa shape index (κ1) is 12.5. The van der Waals surface area contributed by atoms with Gasteiger partial charge in [-0.25, -0.2) is 4.98 Å². The summed E-state index contributed by atoms with van der Waals surface area (Å²) in [5.74, 6) is 0.668. The van der Waals surface area contributed by atoms with Crippen molar-refractivity contribution in [2.75, 3.05) is 13.1 Å². The number of H-pyrrole nitrogens is 1. The third-order valence-corrected chi connectivity index (χ3v) is 2.83. The Morgan fingerprint density at radius 3 is 2.67 bits per heavy atom. The molecule has 2 aromatic heterocycles. The molecular formula is C12H18N6. The topological polar surface area (TPSA) is 69.5 Å². The van der Waals surface area contributed by atoms with Crippen molar-refractivity contribution in [1.29, 1.82) is 0 Å². The Balaban J connectivity index is 2.40. The minimum atomic E-state index is 0.668. The Morgan fingerprint density at radius 2 is 2.00 bits per heavy atom. The van der Waals surface area contributed by atoms with Gasteiger partial charge in [-0.3, -0.25) is 10.1 Å². The molecule has 0 unspecified atom stereocenters. The van der Waals surface area contributed by atoms with Gasteiger partial charge in [-0.1, -0.05) is 5.22 Å². The molecule has 6 heteroatoms. The second kappa shape index (κ2) is 5.12. The molecule has 0 radical (unpaired) electrons. The van der Waals surface area contributed by atoms with E-state index in [0.717, 1.165) is 29.7 Å². The highest BCUT2D eigenvalue weighted by Crippen LogP contribution is 2.26. The summed E-state index contributed by atoms with van der Waals surface area (Å²) < 4.78 is 0. The van der Waals surface area contributed by atoms with Crippen LogP contribution in [0.25, 0.3) is 11.0 Å². The molecule has 0 fully saturated rings. The van der Waals surface area contributed by atoms with Crippen LogP contribution in [0.1, 0.15) is 25.1 Å². The molecule has 0 saturated heterocycles. The molecule has 96 valence electrons. The molecule has 0 aliphatic heterocycles. The smallest absolute Gasteiger partial charge is 0.183 e. The van der Waals surface area contributed by atoms with Crippen molar-refractivity contribution in [3.8, 4) is 0 Å². The van der Waals surface area contributed by atoms with Gasteiger partial charge < -0.3 is 0 Å². The Hall–Kier alpha value is -1.98. The number of nitrogens with one attached hydrogen (secondary N) is 1. The fraction of sp³-hybridized carbons (Fsp3) is 0.500. The zero-order valence-electron chi connectivity index (χ0n) is 11.2. The fourth-order valence-corrected chi connectivity index (χ4v) is 1.88. The van der Waals surface area contributed by atoms with Gasteiger partial charge in [0.15, 0.2) is 11.5 Å². The zero-order valence-corrected chi connectivity index (χ0v) is 11.2. The molecule has 0 amide bonds. The minimum absolute atomic E-state index is 0.668. The summed E-state index contributed by atoms with van der Waals surface area (Å²) in [5.41, 5.74) is 2.76. The number of hydrogen-bond acceptors (Lipinski definition) is 4. The highest BCUT2D eigenvalue weighted by molar-refractivity contribution is 5.88. The number of aromatic amines is 1. The standard InChI is InChI=1S/C12H18N6/c1-5-18(6-2)17-16-12-10-8(3)7-9(4)13-11(10)14-15-12/h7H,5-6H2,1-4H3,(H,13,14,15)/b17-16-. The van der Waals surface area contributed by atoms with E-state index in [1.807, 2.05) is 38.8 Å². The predicted octanol–water partition coefficient (Wildman–Crippen LogP) is 2.92. The van der Waals surface area contributed by atoms with Crippen LogP contribution in [-0.4, -0.2) is 33.3 Å². The van der Waals surface area contributed by atoms with Crippen LogP contribution in [0.5, 0.6) is 0 Å². The lowest BCUT2D eigenvalue weighted by molar-refractivity contribution is 0.300. The lowest BCUT2D eigenvalue weighted by atomic mass is 10.2. The Bertz CT molecular complexity index is 567. The molecule has 2 rings (SSSR count). The van der Waals surface area contributed by atoms with E-state index in [4.69, 9.17) is 0 Å². The first-order valence-electron chi connectivity index (χ1n) is 6.14. The lowest BCUT2D eigenvalue weighted by Gasteiger charge is -2.10. The normalized spacial score (nSPS) is 11.6. The average molecular weight is 246 g/mol. The second-order valence-corrected chi connectivity index (χ2v) is 4.18. The van der Waals surface area contributed by atoms with Gasteiger partial charge >= 0.3 is 0 Å². The van der Waals surface area contributed by atoms with Crippen LogP contribution in [-0.2, 0) is 0 Å². The first-order chi connectivity index (χ1) is 8.65. The maximum atomic E-state index is 4.37. The average Bonchev–Trinajstić information content (AvgIpc) is 2.73. The molecule has 0 bridgehead atoms. The van der Waals surface area contributed by atoms with E-state index in [-0.39, 0.29) is 0 Å². The van der Waals surface area contributed by atoms with Crippen LogP contribution < -0.4 is 0 Å². The van der Waals surface area contributed by atoms with Crippen LogP contribution in [0, 0.1) is 13.8 Å². The maximum Gasteiger partial charge on any atom is 0.183 e. The summed E-state index contributed by atoms with van der Waals surface area (Å²) in [5, 5.41) is 18.3. The van der Waals surface area contributed by atoms with E-state index in [2.05, 4.69) is 25.5 Å². The third kappa shape index (κ3) is 2.32. The van der Waals surface area contributed by atoms with Crippen molar-refractivity contribution in [1.82, 2.24) is 20.2 Å². The summed E-state index contributed by atoms with van der Waals surface area (Å²) in [7, 11) is 0. The number of nitrogens with zero attached hydrogens (tertiary/aromatic N) is 5. The van der Waals surface area contributed by atoms with Gasteiger partial charge in [0.05, 0.1) is 5.39 Å². The number of fused-ring (bicyclic) bond motifs is 1. The molecule has 6 nitrogen and oxygen atoms in total. The van der Waals surface area contributed by atoms with Gasteiger partial charge in [-0.2, -0.15) is 5.10 Å². The van der Waals surface area contributed by atoms with Gasteiger partial charge in [-0.15, -0.1) is 5.11 Å². The Kier molecular flexibility index (Phi) is 3.55. The summed E-state index contributed by atoms with van der Waals surface area (Å²) in [6.07, 6.45) is 0. The Morgan fingerprint density at radius 1 is 1.28 bits per heavy atom. The molecule has 18 heavy (non-hydrogen) atoms. The Labute approximate surface area is 106 Å². The predicted molar refractivity (Wildman–Crippen MR) is 70.8 cm³/mol. The molecule has 1 N–H and O–H groups in total. The zero-order chi connectivity index (χ0) is 13.1. The fourth-order valence-electron chi connectivity index (χ4n) is 1.88. The lowest BCUT2D eigenvalue weighted by Crippen LogP contribution is -2.14. The van der Waals surface area contributed by atoms with Gasteiger partial charge in [0.2, 0.25) is 0 Å². The summed E-state index contributed by atoms with van der Waals surface area (Å²) in [6.45, 7) is 9.75. The molecule has 0 aliphatic carbocycles. The van der Waals surface area contributed by atoms with Crippen molar-refractivity contribution >= 4 is 16.9 Å². The molecule has 0 aromatic carbocycles. The van der Waals surface area contributed by atoms with E-state index in [1.54, 1.807) is 0 Å². The molecule has 0 atom stereocenters. The number of rotatable bonds is 4. The van der Waals surface area contributed by atoms with Crippen molar-refractivity contribution in [2.45, 2.75) is 27.7 Å². The van der Waals surface area contributed by atoms with Gasteiger partial charge in [0.1, 0.15) is 0 Å². The van der Waals surface area contributed by atoms with Gasteiger partial charge in [0, 0.05) is 18.8 Å². The highest BCUT2D eigenvalue weighted by atomic mass is 15.5. The van der Waals surface area contributed by atoms with Crippen LogP contribution in [0.4, 0.5) is 5.82 Å². The van der Waals surface area contributed by atoms with Crippen molar-refractivity contribution in [2.24, 2.45) is 10.3 Å². The number of aromatic nitrogens is 3. The SMILES string of the molecule is CCN(CC)/N=N\c1[nH]nc2nc(C)cc(C)c12. The highest BCUT2D eigenvalue weighted by Gasteiger charge is 2.09. The number of pyridine rings is 1. The van der Waals surface area contributed by atoms with Gasteiger partial charge in [0.25, 0.3) is 0 Å². The van der Waals surface area contributed by atoms with Crippen LogP contribution in [0.3, 0.4) is 0 Å². The molecule has 2 heterocycles. The van der Waals surface area contributed by atoms with Crippen LogP contribution in [0.15, 0.2) is 16.4 Å². The number of hydrogen-bond donors (Lipinski definition) is 1. The summed E-state index contributed by atoms with van der Waals surface area (Å²) in [4.78, 5) is 4.37. The van der Waals surface area contributed by atoms with Crippen molar-refractivity contribution < 1.29 is 0 Å². The monoisotopic (exact) mass is 246 g/mol. The second-order valence-electron chi connectivity index (χ2n) is 4.18. The molecule has 2 aromatic rings. The minimum Gasteiger partial charge on any atom is -0.279 e. The summed E-state index contributed by atoms with van der Waals surface area (Å²) >= 11 is 0. The van der Waals surface area contributed by atoms with Crippen LogP contribution >= 0.6 is 0 Å². The molecular weight excluding hydrogens is 228 g/mol. The third-order valence-electron chi connectivity index (χ3n) is 2.83. The van der Waals surface area contributed by atoms with E-state index in [1.165, 1.54) is 0 Å². The van der Waals surface area contributed by atoms with Crippen molar-refractivity contribution in [3.05, 3.63) is 17.3 Å². The van der Waals surface area contributed by atoms with E-state index >= 15 is 0 Å². The van der Waals surface area contributed by atoms with E-state index < -0.39 is 0 Å². The van der Waals surface area contributed by atoms with Crippen LogP contribution in [0.2, 0.25) is 0 Å². The molecule has 0 aliphatic rings. The molecule has 0 saturated carbocycles.